The van der Waals surface area contributed by atoms with Gasteiger partial charge < -0.3 is 29.9 Å². The maximum atomic E-state index is 5.79. The Morgan fingerprint density at radius 2 is 1.84 bits per heavy atom. The summed E-state index contributed by atoms with van der Waals surface area (Å²) < 4.78 is 10.9. The molecule has 0 aliphatic carbocycles. The minimum atomic E-state index is 0. The fourth-order valence-electron chi connectivity index (χ4n) is 2.27. The van der Waals surface area contributed by atoms with E-state index >= 15 is 0 Å². The fourth-order valence-corrected chi connectivity index (χ4v) is 2.27. The molecule has 0 aromatic rings. The van der Waals surface area contributed by atoms with Crippen molar-refractivity contribution in [2.45, 2.75) is 25.9 Å². The van der Waals surface area contributed by atoms with Crippen molar-refractivity contribution in [3.63, 3.8) is 0 Å². The van der Waals surface area contributed by atoms with Crippen LogP contribution >= 0.6 is 24.0 Å². The van der Waals surface area contributed by atoms with Crippen molar-refractivity contribution in [3.05, 3.63) is 0 Å². The molecule has 0 spiro atoms. The smallest absolute Gasteiger partial charge is 0.191 e. The molecule has 0 aromatic carbocycles. The highest BCUT2D eigenvalue weighted by Crippen LogP contribution is 1.98. The first-order valence-electron chi connectivity index (χ1n) is 8.91. The van der Waals surface area contributed by atoms with Gasteiger partial charge in [0.1, 0.15) is 0 Å². The van der Waals surface area contributed by atoms with Crippen LogP contribution in [0, 0.1) is 0 Å². The lowest BCUT2D eigenvalue weighted by atomic mass is 10.2. The van der Waals surface area contributed by atoms with Gasteiger partial charge in [-0.3, -0.25) is 4.99 Å². The lowest BCUT2D eigenvalue weighted by Gasteiger charge is -2.22. The van der Waals surface area contributed by atoms with Crippen LogP contribution in [0.4, 0.5) is 0 Å². The number of halogens is 1. The first-order valence-corrected chi connectivity index (χ1v) is 8.91. The van der Waals surface area contributed by atoms with Crippen LogP contribution in [0.25, 0.3) is 0 Å². The second kappa shape index (κ2) is 18.6. The van der Waals surface area contributed by atoms with Crippen LogP contribution in [0.2, 0.25) is 0 Å². The summed E-state index contributed by atoms with van der Waals surface area (Å²) in [5.74, 6) is 0.829. The molecular formula is C17H40IN5O2. The van der Waals surface area contributed by atoms with Crippen molar-refractivity contribution in [1.29, 1.82) is 0 Å². The van der Waals surface area contributed by atoms with Crippen LogP contribution in [0.15, 0.2) is 4.99 Å². The molecule has 0 heterocycles. The summed E-state index contributed by atoms with van der Waals surface area (Å²) in [6, 6.07) is 0. The van der Waals surface area contributed by atoms with Gasteiger partial charge in [0.15, 0.2) is 5.96 Å². The highest BCUT2D eigenvalue weighted by molar-refractivity contribution is 14.0. The van der Waals surface area contributed by atoms with Gasteiger partial charge in [-0.05, 0) is 40.9 Å². The standard InChI is InChI=1S/C17H39N5O2.HI/c1-7-24-16(9-12-21(3)4)15-20-17(18-2)19-10-13-22(5)11-8-14-23-6;/h16H,7-15H2,1-6H3,(H2,18,19,20);1H. The Bertz CT molecular complexity index is 319. The van der Waals surface area contributed by atoms with Gasteiger partial charge in [0.25, 0.3) is 0 Å². The Morgan fingerprint density at radius 3 is 2.40 bits per heavy atom. The summed E-state index contributed by atoms with van der Waals surface area (Å²) >= 11 is 0. The third kappa shape index (κ3) is 17.0. The summed E-state index contributed by atoms with van der Waals surface area (Å²) in [5.41, 5.74) is 0. The van der Waals surface area contributed by atoms with Crippen LogP contribution in [0.3, 0.4) is 0 Å². The monoisotopic (exact) mass is 473 g/mol. The van der Waals surface area contributed by atoms with Gasteiger partial charge in [0, 0.05) is 60.1 Å². The molecule has 0 aromatic heterocycles. The Hall–Kier alpha value is -0.160. The lowest BCUT2D eigenvalue weighted by molar-refractivity contribution is 0.0548. The average Bonchev–Trinajstić information content (AvgIpc) is 2.55. The zero-order valence-corrected chi connectivity index (χ0v) is 19.3. The average molecular weight is 473 g/mol. The molecule has 0 saturated heterocycles. The molecule has 7 nitrogen and oxygen atoms in total. The van der Waals surface area contributed by atoms with Gasteiger partial charge in [0.05, 0.1) is 6.10 Å². The summed E-state index contributed by atoms with van der Waals surface area (Å²) in [4.78, 5) is 8.75. The van der Waals surface area contributed by atoms with Crippen molar-refractivity contribution in [2.75, 3.05) is 81.2 Å². The van der Waals surface area contributed by atoms with E-state index in [9.17, 15) is 0 Å². The fraction of sp³-hybridized carbons (Fsp3) is 0.941. The van der Waals surface area contributed by atoms with E-state index < -0.39 is 0 Å². The third-order valence-corrected chi connectivity index (χ3v) is 3.70. The highest BCUT2D eigenvalue weighted by Gasteiger charge is 2.10. The molecule has 0 aliphatic heterocycles. The Labute approximate surface area is 171 Å². The largest absolute Gasteiger partial charge is 0.385 e. The predicted molar refractivity (Wildman–Crippen MR) is 117 cm³/mol. The van der Waals surface area contributed by atoms with E-state index in [1.54, 1.807) is 14.2 Å². The molecule has 0 saturated carbocycles. The Balaban J connectivity index is 0. The minimum Gasteiger partial charge on any atom is -0.385 e. The Morgan fingerprint density at radius 1 is 1.12 bits per heavy atom. The summed E-state index contributed by atoms with van der Waals surface area (Å²) in [5, 5.41) is 6.71. The second-order valence-corrected chi connectivity index (χ2v) is 6.20. The molecule has 0 rings (SSSR count). The number of hydrogen-bond acceptors (Lipinski definition) is 5. The summed E-state index contributed by atoms with van der Waals surface area (Å²) in [7, 11) is 9.83. The van der Waals surface area contributed by atoms with Gasteiger partial charge in [-0.1, -0.05) is 0 Å². The summed E-state index contributed by atoms with van der Waals surface area (Å²) in [6.07, 6.45) is 2.27. The van der Waals surface area contributed by atoms with E-state index in [0.717, 1.165) is 64.7 Å². The number of nitrogens with zero attached hydrogens (tertiary/aromatic N) is 3. The summed E-state index contributed by atoms with van der Waals surface area (Å²) in [6.45, 7) is 8.24. The van der Waals surface area contributed by atoms with Crippen LogP contribution in [0.1, 0.15) is 19.8 Å². The number of hydrogen-bond donors (Lipinski definition) is 2. The zero-order chi connectivity index (χ0) is 18.2. The number of aliphatic imine (C=N–C) groups is 1. The molecule has 25 heavy (non-hydrogen) atoms. The Kier molecular flexibility index (Phi) is 20.2. The molecule has 0 aliphatic rings. The number of rotatable bonds is 14. The highest BCUT2D eigenvalue weighted by atomic mass is 127. The minimum absolute atomic E-state index is 0. The van der Waals surface area contributed by atoms with E-state index in [1.807, 2.05) is 6.92 Å². The van der Waals surface area contributed by atoms with Crippen LogP contribution in [0.5, 0.6) is 0 Å². The normalized spacial score (nSPS) is 13.0. The van der Waals surface area contributed by atoms with Crippen molar-refractivity contribution < 1.29 is 9.47 Å². The van der Waals surface area contributed by atoms with E-state index in [-0.39, 0.29) is 30.1 Å². The van der Waals surface area contributed by atoms with Crippen molar-refractivity contribution in [1.82, 2.24) is 20.4 Å². The lowest BCUT2D eigenvalue weighted by Crippen LogP contribution is -2.44. The van der Waals surface area contributed by atoms with Crippen molar-refractivity contribution >= 4 is 29.9 Å². The number of ether oxygens (including phenoxy) is 2. The first-order chi connectivity index (χ1) is 11.5. The maximum Gasteiger partial charge on any atom is 0.191 e. The van der Waals surface area contributed by atoms with Gasteiger partial charge in [-0.25, -0.2) is 0 Å². The molecule has 0 amide bonds. The molecule has 1 unspecified atom stereocenters. The number of nitrogens with one attached hydrogen (secondary N) is 2. The molecule has 0 fully saturated rings. The maximum absolute atomic E-state index is 5.79. The molecule has 152 valence electrons. The molecule has 1 atom stereocenters. The number of likely N-dealkylation sites (N-methyl/N-ethyl adjacent to an activating group) is 1. The molecule has 0 radical (unpaired) electrons. The van der Waals surface area contributed by atoms with Crippen molar-refractivity contribution in [2.24, 2.45) is 4.99 Å². The number of methoxy groups -OCH3 is 1. The molecule has 2 N–H and O–H groups in total. The zero-order valence-electron chi connectivity index (χ0n) is 17.0. The number of guanidine groups is 1. The SMILES string of the molecule is CCOC(CCN(C)C)CNC(=NC)NCCN(C)CCCOC.I. The van der Waals surface area contributed by atoms with Crippen LogP contribution < -0.4 is 10.6 Å². The quantitative estimate of drug-likeness (QED) is 0.171. The van der Waals surface area contributed by atoms with Gasteiger partial charge in [-0.2, -0.15) is 0 Å². The molecule has 0 bridgehead atoms. The first kappa shape index (κ1) is 27.1. The third-order valence-electron chi connectivity index (χ3n) is 3.70. The van der Waals surface area contributed by atoms with E-state index in [4.69, 9.17) is 9.47 Å². The molecule has 8 heteroatoms. The second-order valence-electron chi connectivity index (χ2n) is 6.20. The van der Waals surface area contributed by atoms with E-state index in [1.165, 1.54) is 0 Å². The van der Waals surface area contributed by atoms with Gasteiger partial charge in [-0.15, -0.1) is 24.0 Å². The predicted octanol–water partition coefficient (Wildman–Crippen LogP) is 1.09. The van der Waals surface area contributed by atoms with Gasteiger partial charge in [0.2, 0.25) is 0 Å². The van der Waals surface area contributed by atoms with Crippen LogP contribution in [-0.2, 0) is 9.47 Å². The van der Waals surface area contributed by atoms with Crippen LogP contribution in [-0.4, -0.2) is 103 Å². The van der Waals surface area contributed by atoms with Gasteiger partial charge >= 0.3 is 0 Å². The van der Waals surface area contributed by atoms with Crippen molar-refractivity contribution in [3.8, 4) is 0 Å². The van der Waals surface area contributed by atoms with E-state index in [2.05, 4.69) is 46.6 Å². The van der Waals surface area contributed by atoms with E-state index in [0.29, 0.717) is 0 Å². The topological polar surface area (TPSA) is 61.4 Å². The molecular weight excluding hydrogens is 433 g/mol.